The first-order valence-corrected chi connectivity index (χ1v) is 7.03. The lowest BCUT2D eigenvalue weighted by molar-refractivity contribution is 0.476. The molecule has 0 aliphatic heterocycles. The molecule has 0 bridgehead atoms. The Labute approximate surface area is 114 Å². The van der Waals surface area contributed by atoms with Gasteiger partial charge in [0.2, 0.25) is 0 Å². The Morgan fingerprint density at radius 1 is 1.16 bits per heavy atom. The van der Waals surface area contributed by atoms with E-state index in [4.69, 9.17) is 0 Å². The molecule has 0 amide bonds. The van der Waals surface area contributed by atoms with Crippen molar-refractivity contribution in [1.82, 2.24) is 10.3 Å². The molecule has 0 saturated heterocycles. The van der Waals surface area contributed by atoms with Crippen LogP contribution in [0, 0.1) is 12.8 Å². The van der Waals surface area contributed by atoms with E-state index in [0.29, 0.717) is 6.04 Å². The number of hydrogen-bond acceptors (Lipinski definition) is 2. The maximum absolute atomic E-state index is 4.38. The molecule has 1 aliphatic rings. The minimum Gasteiger partial charge on any atom is -0.304 e. The molecule has 1 aliphatic carbocycles. The topological polar surface area (TPSA) is 24.9 Å². The van der Waals surface area contributed by atoms with Crippen LogP contribution < -0.4 is 5.32 Å². The van der Waals surface area contributed by atoms with E-state index in [0.717, 1.165) is 18.2 Å². The van der Waals surface area contributed by atoms with Gasteiger partial charge < -0.3 is 5.32 Å². The van der Waals surface area contributed by atoms with Gasteiger partial charge in [-0.25, -0.2) is 0 Å². The smallest absolute Gasteiger partial charge is 0.0541 e. The molecule has 2 aromatic rings. The second kappa shape index (κ2) is 5.54. The van der Waals surface area contributed by atoms with Crippen molar-refractivity contribution in [3.8, 4) is 0 Å². The Bertz CT molecular complexity index is 515. The second-order valence-corrected chi connectivity index (χ2v) is 5.43. The highest BCUT2D eigenvalue weighted by Gasteiger charge is 2.31. The molecule has 1 aromatic heterocycles. The third-order valence-corrected chi connectivity index (χ3v) is 3.76. The van der Waals surface area contributed by atoms with Gasteiger partial charge in [0, 0.05) is 18.8 Å². The molecule has 1 heterocycles. The third kappa shape index (κ3) is 3.21. The van der Waals surface area contributed by atoms with Crippen LogP contribution in [0.4, 0.5) is 0 Å². The highest BCUT2D eigenvalue weighted by Crippen LogP contribution is 2.41. The average molecular weight is 252 g/mol. The molecule has 1 N–H and O–H groups in total. The van der Waals surface area contributed by atoms with Gasteiger partial charge in [0.1, 0.15) is 0 Å². The van der Waals surface area contributed by atoms with E-state index in [1.54, 1.807) is 0 Å². The maximum Gasteiger partial charge on any atom is 0.0541 e. The number of nitrogens with zero attached hydrogens (tertiary/aromatic N) is 1. The van der Waals surface area contributed by atoms with Crippen molar-refractivity contribution in [3.05, 3.63) is 65.5 Å². The van der Waals surface area contributed by atoms with E-state index in [1.165, 1.54) is 24.0 Å². The molecular weight excluding hydrogens is 232 g/mol. The molecular formula is C17H20N2. The van der Waals surface area contributed by atoms with Crippen molar-refractivity contribution in [1.29, 1.82) is 0 Å². The number of benzene rings is 1. The highest BCUT2D eigenvalue weighted by atomic mass is 14.9. The van der Waals surface area contributed by atoms with Crippen LogP contribution in [-0.2, 0) is 6.54 Å². The molecule has 0 unspecified atom stereocenters. The fourth-order valence-corrected chi connectivity index (χ4v) is 2.48. The van der Waals surface area contributed by atoms with Crippen molar-refractivity contribution in [2.45, 2.75) is 32.4 Å². The zero-order valence-corrected chi connectivity index (χ0v) is 11.3. The quantitative estimate of drug-likeness (QED) is 0.879. The first-order chi connectivity index (χ1) is 9.33. The number of hydrogen-bond donors (Lipinski definition) is 1. The van der Waals surface area contributed by atoms with E-state index in [1.807, 2.05) is 18.3 Å². The average Bonchev–Trinajstić information content (AvgIpc) is 3.27. The van der Waals surface area contributed by atoms with E-state index in [9.17, 15) is 0 Å². The number of aromatic nitrogens is 1. The summed E-state index contributed by atoms with van der Waals surface area (Å²) in [5, 5.41) is 3.67. The maximum atomic E-state index is 4.38. The van der Waals surface area contributed by atoms with Crippen molar-refractivity contribution in [3.63, 3.8) is 0 Å². The van der Waals surface area contributed by atoms with Crippen LogP contribution in [-0.4, -0.2) is 4.98 Å². The number of rotatable bonds is 5. The normalized spacial score (nSPS) is 16.3. The third-order valence-electron chi connectivity index (χ3n) is 3.76. The van der Waals surface area contributed by atoms with Gasteiger partial charge in [0.05, 0.1) is 5.69 Å². The molecule has 1 atom stereocenters. The fraction of sp³-hybridized carbons (Fsp3) is 0.353. The van der Waals surface area contributed by atoms with Gasteiger partial charge in [0.25, 0.3) is 0 Å². The van der Waals surface area contributed by atoms with Gasteiger partial charge in [0.15, 0.2) is 0 Å². The summed E-state index contributed by atoms with van der Waals surface area (Å²) in [5.74, 6) is 0.798. The van der Waals surface area contributed by atoms with Crippen LogP contribution >= 0.6 is 0 Å². The van der Waals surface area contributed by atoms with Gasteiger partial charge in [-0.1, -0.05) is 35.9 Å². The second-order valence-electron chi connectivity index (χ2n) is 5.43. The zero-order valence-electron chi connectivity index (χ0n) is 11.3. The summed E-state index contributed by atoms with van der Waals surface area (Å²) < 4.78 is 0. The monoisotopic (exact) mass is 252 g/mol. The summed E-state index contributed by atoms with van der Waals surface area (Å²) in [6.45, 7) is 2.98. The first-order valence-electron chi connectivity index (χ1n) is 7.03. The first kappa shape index (κ1) is 12.4. The summed E-state index contributed by atoms with van der Waals surface area (Å²) in [6, 6.07) is 15.5. The largest absolute Gasteiger partial charge is 0.304 e. The van der Waals surface area contributed by atoms with Gasteiger partial charge in [-0.2, -0.15) is 0 Å². The molecule has 0 spiro atoms. The zero-order chi connectivity index (χ0) is 13.1. The van der Waals surface area contributed by atoms with E-state index in [2.05, 4.69) is 47.6 Å². The predicted octanol–water partition coefficient (Wildman–Crippen LogP) is 3.63. The van der Waals surface area contributed by atoms with Gasteiger partial charge in [-0.05, 0) is 43.4 Å². The summed E-state index contributed by atoms with van der Waals surface area (Å²) in [4.78, 5) is 4.38. The minimum absolute atomic E-state index is 0.475. The number of aryl methyl sites for hydroxylation is 1. The van der Waals surface area contributed by atoms with E-state index < -0.39 is 0 Å². The van der Waals surface area contributed by atoms with Crippen molar-refractivity contribution in [2.75, 3.05) is 0 Å². The van der Waals surface area contributed by atoms with Crippen LogP contribution in [0.2, 0.25) is 0 Å². The van der Waals surface area contributed by atoms with Crippen LogP contribution in [0.5, 0.6) is 0 Å². The molecule has 19 heavy (non-hydrogen) atoms. The van der Waals surface area contributed by atoms with Crippen LogP contribution in [0.25, 0.3) is 0 Å². The SMILES string of the molecule is Cc1ccc([C@H](NCc2ccccn2)C2CC2)cc1. The molecule has 1 aromatic carbocycles. The van der Waals surface area contributed by atoms with Gasteiger partial charge in [-0.3, -0.25) is 4.98 Å². The van der Waals surface area contributed by atoms with Crippen molar-refractivity contribution < 1.29 is 0 Å². The number of pyridine rings is 1. The van der Waals surface area contributed by atoms with E-state index >= 15 is 0 Å². The molecule has 98 valence electrons. The van der Waals surface area contributed by atoms with Gasteiger partial charge in [-0.15, -0.1) is 0 Å². The Kier molecular flexibility index (Phi) is 3.60. The van der Waals surface area contributed by atoms with Crippen LogP contribution in [0.15, 0.2) is 48.7 Å². The Morgan fingerprint density at radius 2 is 1.95 bits per heavy atom. The Balaban J connectivity index is 1.69. The fourth-order valence-electron chi connectivity index (χ4n) is 2.48. The van der Waals surface area contributed by atoms with Crippen molar-refractivity contribution >= 4 is 0 Å². The summed E-state index contributed by atoms with van der Waals surface area (Å²) in [7, 11) is 0. The highest BCUT2D eigenvalue weighted by molar-refractivity contribution is 5.25. The summed E-state index contributed by atoms with van der Waals surface area (Å²) in [5.41, 5.74) is 3.84. The number of nitrogens with one attached hydrogen (secondary N) is 1. The Hall–Kier alpha value is -1.67. The van der Waals surface area contributed by atoms with Crippen molar-refractivity contribution in [2.24, 2.45) is 5.92 Å². The molecule has 1 fully saturated rings. The lowest BCUT2D eigenvalue weighted by Crippen LogP contribution is -2.23. The minimum atomic E-state index is 0.475. The van der Waals surface area contributed by atoms with Gasteiger partial charge >= 0.3 is 0 Å². The summed E-state index contributed by atoms with van der Waals surface area (Å²) in [6.07, 6.45) is 4.54. The lowest BCUT2D eigenvalue weighted by Gasteiger charge is -2.19. The van der Waals surface area contributed by atoms with E-state index in [-0.39, 0.29) is 0 Å². The predicted molar refractivity (Wildman–Crippen MR) is 77.7 cm³/mol. The Morgan fingerprint density at radius 3 is 2.58 bits per heavy atom. The summed E-state index contributed by atoms with van der Waals surface area (Å²) >= 11 is 0. The van der Waals surface area contributed by atoms with Crippen LogP contribution in [0.1, 0.15) is 35.7 Å². The lowest BCUT2D eigenvalue weighted by atomic mass is 10.0. The molecule has 2 nitrogen and oxygen atoms in total. The molecule has 3 rings (SSSR count). The molecule has 1 saturated carbocycles. The molecule has 0 radical (unpaired) electrons. The standard InChI is InChI=1S/C17H20N2/c1-13-5-7-14(8-6-13)17(15-9-10-15)19-12-16-4-2-3-11-18-16/h2-8,11,15,17,19H,9-10,12H2,1H3/t17-/m0/s1. The molecule has 2 heteroatoms. The van der Waals surface area contributed by atoms with Crippen LogP contribution in [0.3, 0.4) is 0 Å².